The lowest BCUT2D eigenvalue weighted by Gasteiger charge is -2.05. The van der Waals surface area contributed by atoms with Crippen molar-refractivity contribution in [3.05, 3.63) is 0 Å². The maximum atomic E-state index is 10.3. The van der Waals surface area contributed by atoms with E-state index in [0.29, 0.717) is 5.92 Å². The summed E-state index contributed by atoms with van der Waals surface area (Å²) in [7, 11) is 0. The number of aldehydes is 1. The van der Waals surface area contributed by atoms with E-state index in [-0.39, 0.29) is 0 Å². The van der Waals surface area contributed by atoms with E-state index >= 15 is 0 Å². The van der Waals surface area contributed by atoms with Crippen LogP contribution in [0.3, 0.4) is 0 Å². The molecule has 1 N–H and O–H groups in total. The molecule has 11 heavy (non-hydrogen) atoms. The van der Waals surface area contributed by atoms with Gasteiger partial charge < -0.3 is 10.1 Å². The average Bonchev–Trinajstić information content (AvgIpc) is 2.46. The number of hydrogen-bond acceptors (Lipinski definition) is 2. The van der Waals surface area contributed by atoms with Gasteiger partial charge in [-0.3, -0.25) is 0 Å². The van der Waals surface area contributed by atoms with Crippen LogP contribution in [0.4, 0.5) is 0 Å². The summed E-state index contributed by atoms with van der Waals surface area (Å²) in [5.74, 6) is 2.49. The predicted molar refractivity (Wildman–Crippen MR) is 43.3 cm³/mol. The highest BCUT2D eigenvalue weighted by Crippen LogP contribution is 2.39. The minimum atomic E-state index is 0.713. The second kappa shape index (κ2) is 2.94. The molecule has 1 heterocycles. The molecule has 0 aromatic carbocycles. The second-order valence-corrected chi connectivity index (χ2v) is 3.92. The zero-order valence-corrected chi connectivity index (χ0v) is 6.75. The van der Waals surface area contributed by atoms with Crippen molar-refractivity contribution in [1.82, 2.24) is 5.32 Å². The molecular formula is C9H15NO. The van der Waals surface area contributed by atoms with E-state index in [0.717, 1.165) is 24.5 Å². The van der Waals surface area contributed by atoms with Crippen molar-refractivity contribution in [2.75, 3.05) is 13.1 Å². The zero-order valence-electron chi connectivity index (χ0n) is 6.75. The van der Waals surface area contributed by atoms with Gasteiger partial charge in [-0.25, -0.2) is 0 Å². The van der Waals surface area contributed by atoms with Gasteiger partial charge in [-0.2, -0.15) is 0 Å². The lowest BCUT2D eigenvalue weighted by atomic mass is 10.0. The Kier molecular flexibility index (Phi) is 1.95. The third kappa shape index (κ3) is 1.32. The molecule has 2 nitrogen and oxygen atoms in total. The lowest BCUT2D eigenvalue weighted by Crippen LogP contribution is -2.12. The Labute approximate surface area is 67.4 Å². The highest BCUT2D eigenvalue weighted by Gasteiger charge is 2.36. The van der Waals surface area contributed by atoms with Crippen LogP contribution in [0.1, 0.15) is 19.3 Å². The molecule has 0 radical (unpaired) electrons. The fourth-order valence-corrected chi connectivity index (χ4v) is 2.62. The van der Waals surface area contributed by atoms with E-state index in [4.69, 9.17) is 0 Å². The molecule has 62 valence electrons. The SMILES string of the molecule is O=CCC1CC2CNCC2C1. The minimum Gasteiger partial charge on any atom is -0.316 e. The minimum absolute atomic E-state index is 0.713. The highest BCUT2D eigenvalue weighted by atomic mass is 16.1. The summed E-state index contributed by atoms with van der Waals surface area (Å²) in [5.41, 5.74) is 0. The van der Waals surface area contributed by atoms with Crippen molar-refractivity contribution in [2.24, 2.45) is 17.8 Å². The molecule has 1 saturated carbocycles. The number of carbonyl (C=O) groups is 1. The maximum Gasteiger partial charge on any atom is 0.120 e. The van der Waals surface area contributed by atoms with Gasteiger partial charge in [0.25, 0.3) is 0 Å². The quantitative estimate of drug-likeness (QED) is 0.595. The number of hydrogen-bond donors (Lipinski definition) is 1. The normalized spacial score (nSPS) is 42.4. The smallest absolute Gasteiger partial charge is 0.120 e. The molecular weight excluding hydrogens is 138 g/mol. The number of carbonyl (C=O) groups excluding carboxylic acids is 1. The summed E-state index contributed by atoms with van der Waals surface area (Å²) < 4.78 is 0. The van der Waals surface area contributed by atoms with Crippen molar-refractivity contribution in [3.8, 4) is 0 Å². The Morgan fingerprint density at radius 2 is 1.91 bits per heavy atom. The first kappa shape index (κ1) is 7.29. The Balaban J connectivity index is 1.89. The summed E-state index contributed by atoms with van der Waals surface area (Å²) in [6, 6.07) is 0. The molecule has 0 aromatic heterocycles. The molecule has 1 saturated heterocycles. The fraction of sp³-hybridized carbons (Fsp3) is 0.889. The molecule has 2 unspecified atom stereocenters. The van der Waals surface area contributed by atoms with Crippen LogP contribution < -0.4 is 5.32 Å². The van der Waals surface area contributed by atoms with Crippen LogP contribution in [0.15, 0.2) is 0 Å². The van der Waals surface area contributed by atoms with Crippen molar-refractivity contribution >= 4 is 6.29 Å². The van der Waals surface area contributed by atoms with E-state index in [1.165, 1.54) is 25.9 Å². The molecule has 2 aliphatic rings. The van der Waals surface area contributed by atoms with Gasteiger partial charge >= 0.3 is 0 Å². The van der Waals surface area contributed by atoms with Crippen LogP contribution in [0.2, 0.25) is 0 Å². The van der Waals surface area contributed by atoms with E-state index in [1.807, 2.05) is 0 Å². The number of nitrogens with one attached hydrogen (secondary N) is 1. The van der Waals surface area contributed by atoms with E-state index < -0.39 is 0 Å². The molecule has 2 heteroatoms. The highest BCUT2D eigenvalue weighted by molar-refractivity contribution is 5.49. The van der Waals surface area contributed by atoms with Crippen LogP contribution in [-0.4, -0.2) is 19.4 Å². The van der Waals surface area contributed by atoms with Crippen molar-refractivity contribution in [1.29, 1.82) is 0 Å². The first-order chi connectivity index (χ1) is 5.40. The van der Waals surface area contributed by atoms with Gasteiger partial charge in [0.2, 0.25) is 0 Å². The van der Waals surface area contributed by atoms with Crippen LogP contribution in [0, 0.1) is 17.8 Å². The average molecular weight is 153 g/mol. The van der Waals surface area contributed by atoms with Crippen LogP contribution >= 0.6 is 0 Å². The van der Waals surface area contributed by atoms with Gasteiger partial charge in [0, 0.05) is 6.42 Å². The number of rotatable bonds is 2. The second-order valence-electron chi connectivity index (χ2n) is 3.92. The fourth-order valence-electron chi connectivity index (χ4n) is 2.62. The Hall–Kier alpha value is -0.370. The molecule has 2 atom stereocenters. The molecule has 1 aliphatic carbocycles. The number of fused-ring (bicyclic) bond motifs is 1. The monoisotopic (exact) mass is 153 g/mol. The first-order valence-corrected chi connectivity index (χ1v) is 4.54. The molecule has 0 spiro atoms. The predicted octanol–water partition coefficient (Wildman–Crippen LogP) is 0.821. The first-order valence-electron chi connectivity index (χ1n) is 4.54. The summed E-state index contributed by atoms with van der Waals surface area (Å²) >= 11 is 0. The van der Waals surface area contributed by atoms with Crippen molar-refractivity contribution < 1.29 is 4.79 Å². The van der Waals surface area contributed by atoms with Gasteiger partial charge in [0.05, 0.1) is 0 Å². The lowest BCUT2D eigenvalue weighted by molar-refractivity contribution is -0.108. The van der Waals surface area contributed by atoms with Crippen molar-refractivity contribution in [2.45, 2.75) is 19.3 Å². The van der Waals surface area contributed by atoms with Crippen LogP contribution in [0.25, 0.3) is 0 Å². The van der Waals surface area contributed by atoms with Gasteiger partial charge in [-0.1, -0.05) is 0 Å². The van der Waals surface area contributed by atoms with Gasteiger partial charge in [-0.15, -0.1) is 0 Å². The molecule has 2 rings (SSSR count). The standard InChI is InChI=1S/C9H15NO/c11-2-1-7-3-8-5-10-6-9(8)4-7/h2,7-10H,1,3-6H2. The van der Waals surface area contributed by atoms with Gasteiger partial charge in [0.1, 0.15) is 6.29 Å². The molecule has 0 amide bonds. The summed E-state index contributed by atoms with van der Waals surface area (Å²) in [6.45, 7) is 2.39. The zero-order chi connectivity index (χ0) is 7.68. The van der Waals surface area contributed by atoms with E-state index in [9.17, 15) is 4.79 Å². The Morgan fingerprint density at radius 1 is 1.27 bits per heavy atom. The molecule has 1 aliphatic heterocycles. The third-order valence-corrected chi connectivity index (χ3v) is 3.18. The molecule has 0 bridgehead atoms. The van der Waals surface area contributed by atoms with E-state index in [2.05, 4.69) is 5.32 Å². The topological polar surface area (TPSA) is 29.1 Å². The van der Waals surface area contributed by atoms with Crippen LogP contribution in [0.5, 0.6) is 0 Å². The van der Waals surface area contributed by atoms with E-state index in [1.54, 1.807) is 0 Å². The van der Waals surface area contributed by atoms with Crippen molar-refractivity contribution in [3.63, 3.8) is 0 Å². The Bertz CT molecular complexity index is 146. The summed E-state index contributed by atoms with van der Waals surface area (Å²) in [6.07, 6.45) is 4.46. The summed E-state index contributed by atoms with van der Waals surface area (Å²) in [5, 5.41) is 3.40. The third-order valence-electron chi connectivity index (χ3n) is 3.18. The summed E-state index contributed by atoms with van der Waals surface area (Å²) in [4.78, 5) is 10.3. The van der Waals surface area contributed by atoms with Crippen LogP contribution in [-0.2, 0) is 4.79 Å². The largest absolute Gasteiger partial charge is 0.316 e. The van der Waals surface area contributed by atoms with Gasteiger partial charge in [-0.05, 0) is 43.7 Å². The van der Waals surface area contributed by atoms with Gasteiger partial charge in [0.15, 0.2) is 0 Å². The molecule has 2 fully saturated rings. The Morgan fingerprint density at radius 3 is 2.45 bits per heavy atom. The maximum absolute atomic E-state index is 10.3. The molecule has 0 aromatic rings.